The third kappa shape index (κ3) is 3.57. The Hall–Kier alpha value is -3.19. The fraction of sp³-hybridized carbons (Fsp3) is 0.211. The van der Waals surface area contributed by atoms with Crippen molar-refractivity contribution in [2.45, 2.75) is 13.3 Å². The number of para-hydroxylation sites is 1. The van der Waals surface area contributed by atoms with E-state index in [-0.39, 0.29) is 24.7 Å². The number of rotatable bonds is 6. The van der Waals surface area contributed by atoms with Crippen LogP contribution in [0.15, 0.2) is 42.7 Å². The van der Waals surface area contributed by atoms with Gasteiger partial charge in [0.1, 0.15) is 5.82 Å². The van der Waals surface area contributed by atoms with Gasteiger partial charge in [0.05, 0.1) is 17.7 Å². The number of carbonyl (C=O) groups is 2. The molecule has 1 amide bonds. The van der Waals surface area contributed by atoms with Crippen molar-refractivity contribution < 1.29 is 19.4 Å². The van der Waals surface area contributed by atoms with Gasteiger partial charge in [-0.05, 0) is 31.0 Å². The van der Waals surface area contributed by atoms with E-state index in [2.05, 4.69) is 15.6 Å². The van der Waals surface area contributed by atoms with Crippen LogP contribution in [0.4, 0.5) is 11.5 Å². The largest absolute Gasteiger partial charge is 0.462 e. The predicted molar refractivity (Wildman–Crippen MR) is 97.7 cm³/mol. The summed E-state index contributed by atoms with van der Waals surface area (Å²) in [5.41, 5.74) is 2.92. The highest BCUT2D eigenvalue weighted by molar-refractivity contribution is 6.31. The molecule has 1 aliphatic heterocycles. The average molecular weight is 353 g/mol. The standard InChI is InChI=1S/C19H19N3O4/c1-2-26-19(25)13-9-14-15(18(24)22-17(14)21-10-13)11-20-16-6-4-3-5-12(16)7-8-23/h3-6,9-11,20,23H,2,7-8H2,1H3,(H,21,22,24). The lowest BCUT2D eigenvalue weighted by molar-refractivity contribution is -0.110. The van der Waals surface area contributed by atoms with Crippen LogP contribution in [0.1, 0.15) is 28.4 Å². The molecule has 7 heteroatoms. The second kappa shape index (κ2) is 7.79. The molecule has 2 aromatic rings. The Bertz CT molecular complexity index is 877. The van der Waals surface area contributed by atoms with Crippen LogP contribution in [0.25, 0.3) is 5.57 Å². The highest BCUT2D eigenvalue weighted by atomic mass is 16.5. The van der Waals surface area contributed by atoms with Crippen LogP contribution in [-0.2, 0) is 16.0 Å². The minimum Gasteiger partial charge on any atom is -0.462 e. The van der Waals surface area contributed by atoms with Gasteiger partial charge >= 0.3 is 5.97 Å². The molecule has 0 radical (unpaired) electrons. The van der Waals surface area contributed by atoms with Crippen molar-refractivity contribution in [3.8, 4) is 0 Å². The Morgan fingerprint density at radius 3 is 2.96 bits per heavy atom. The zero-order chi connectivity index (χ0) is 18.5. The van der Waals surface area contributed by atoms with Crippen LogP contribution in [0.2, 0.25) is 0 Å². The number of ether oxygens (including phenoxy) is 1. The van der Waals surface area contributed by atoms with Crippen LogP contribution < -0.4 is 10.6 Å². The highest BCUT2D eigenvalue weighted by Gasteiger charge is 2.27. The smallest absolute Gasteiger partial charge is 0.339 e. The van der Waals surface area contributed by atoms with Crippen LogP contribution in [0.3, 0.4) is 0 Å². The van der Waals surface area contributed by atoms with Gasteiger partial charge in [-0.2, -0.15) is 0 Å². The molecular formula is C19H19N3O4. The Labute approximate surface area is 150 Å². The molecule has 0 atom stereocenters. The van der Waals surface area contributed by atoms with Gasteiger partial charge in [-0.3, -0.25) is 4.79 Å². The maximum absolute atomic E-state index is 12.3. The van der Waals surface area contributed by atoms with E-state index in [0.717, 1.165) is 11.3 Å². The number of nitrogens with zero attached hydrogens (tertiary/aromatic N) is 1. The van der Waals surface area contributed by atoms with Gasteiger partial charge in [-0.1, -0.05) is 18.2 Å². The fourth-order valence-electron chi connectivity index (χ4n) is 2.69. The molecule has 134 valence electrons. The van der Waals surface area contributed by atoms with Gasteiger partial charge < -0.3 is 20.5 Å². The summed E-state index contributed by atoms with van der Waals surface area (Å²) in [6.07, 6.45) is 3.46. The topological polar surface area (TPSA) is 101 Å². The van der Waals surface area contributed by atoms with E-state index in [4.69, 9.17) is 9.84 Å². The SMILES string of the molecule is CCOC(=O)c1cnc2c(c1)C(=CNc1ccccc1CCO)C(=O)N2. The molecule has 0 saturated carbocycles. The lowest BCUT2D eigenvalue weighted by Crippen LogP contribution is -2.06. The summed E-state index contributed by atoms with van der Waals surface area (Å²) in [5.74, 6) is -0.386. The molecule has 0 unspecified atom stereocenters. The summed E-state index contributed by atoms with van der Waals surface area (Å²) in [7, 11) is 0. The second-order valence-corrected chi connectivity index (χ2v) is 5.63. The number of fused-ring (bicyclic) bond motifs is 1. The van der Waals surface area contributed by atoms with E-state index in [1.165, 1.54) is 6.20 Å². The Morgan fingerprint density at radius 2 is 2.19 bits per heavy atom. The van der Waals surface area contributed by atoms with E-state index in [1.807, 2.05) is 24.3 Å². The molecule has 0 saturated heterocycles. The Kier molecular flexibility index (Phi) is 5.28. The van der Waals surface area contributed by atoms with Crippen molar-refractivity contribution in [3.63, 3.8) is 0 Å². The molecule has 2 heterocycles. The lowest BCUT2D eigenvalue weighted by atomic mass is 10.1. The van der Waals surface area contributed by atoms with Crippen molar-refractivity contribution >= 4 is 29.0 Å². The number of hydrogen-bond acceptors (Lipinski definition) is 6. The van der Waals surface area contributed by atoms with Crippen LogP contribution in [0.5, 0.6) is 0 Å². The summed E-state index contributed by atoms with van der Waals surface area (Å²) in [5, 5.41) is 14.9. The summed E-state index contributed by atoms with van der Waals surface area (Å²) in [4.78, 5) is 28.3. The van der Waals surface area contributed by atoms with Gasteiger partial charge in [0.2, 0.25) is 0 Å². The molecule has 1 aromatic heterocycles. The van der Waals surface area contributed by atoms with E-state index in [9.17, 15) is 9.59 Å². The number of benzene rings is 1. The first-order valence-electron chi connectivity index (χ1n) is 8.28. The number of aliphatic hydroxyl groups is 1. The van der Waals surface area contributed by atoms with Crippen LogP contribution in [-0.4, -0.2) is 35.2 Å². The van der Waals surface area contributed by atoms with Crippen molar-refractivity contribution in [2.75, 3.05) is 23.8 Å². The third-order valence-corrected chi connectivity index (χ3v) is 3.94. The zero-order valence-corrected chi connectivity index (χ0v) is 14.3. The highest BCUT2D eigenvalue weighted by Crippen LogP contribution is 2.31. The lowest BCUT2D eigenvalue weighted by Gasteiger charge is -2.08. The first-order valence-corrected chi connectivity index (χ1v) is 8.28. The quantitative estimate of drug-likeness (QED) is 0.544. The summed E-state index contributed by atoms with van der Waals surface area (Å²) < 4.78 is 4.98. The molecule has 7 nitrogen and oxygen atoms in total. The molecule has 0 bridgehead atoms. The minimum absolute atomic E-state index is 0.0331. The summed E-state index contributed by atoms with van der Waals surface area (Å²) in [6.45, 7) is 2.02. The monoisotopic (exact) mass is 353 g/mol. The Balaban J connectivity index is 1.90. The molecular weight excluding hydrogens is 334 g/mol. The van der Waals surface area contributed by atoms with Crippen molar-refractivity contribution in [3.05, 3.63) is 59.4 Å². The molecule has 26 heavy (non-hydrogen) atoms. The fourth-order valence-corrected chi connectivity index (χ4v) is 2.69. The summed E-state index contributed by atoms with van der Waals surface area (Å²) >= 11 is 0. The molecule has 0 fully saturated rings. The zero-order valence-electron chi connectivity index (χ0n) is 14.3. The number of amides is 1. The number of anilines is 2. The number of nitrogens with one attached hydrogen (secondary N) is 2. The minimum atomic E-state index is -0.484. The maximum Gasteiger partial charge on any atom is 0.339 e. The predicted octanol–water partition coefficient (Wildman–Crippen LogP) is 2.20. The number of esters is 1. The number of aliphatic hydroxyl groups excluding tert-OH is 1. The van der Waals surface area contributed by atoms with Gasteiger partial charge in [0, 0.05) is 30.3 Å². The average Bonchev–Trinajstić information content (AvgIpc) is 2.96. The van der Waals surface area contributed by atoms with Gasteiger partial charge in [-0.25, -0.2) is 9.78 Å². The van der Waals surface area contributed by atoms with E-state index >= 15 is 0 Å². The van der Waals surface area contributed by atoms with E-state index < -0.39 is 5.97 Å². The van der Waals surface area contributed by atoms with Crippen LogP contribution in [0, 0.1) is 0 Å². The number of aromatic nitrogens is 1. The first kappa shape index (κ1) is 17.6. The number of carbonyl (C=O) groups excluding carboxylic acids is 2. The number of hydrogen-bond donors (Lipinski definition) is 3. The molecule has 0 aliphatic carbocycles. The second-order valence-electron chi connectivity index (χ2n) is 5.63. The van der Waals surface area contributed by atoms with E-state index in [0.29, 0.717) is 23.4 Å². The van der Waals surface area contributed by atoms with Gasteiger partial charge in [-0.15, -0.1) is 0 Å². The molecule has 1 aromatic carbocycles. The van der Waals surface area contributed by atoms with Crippen LogP contribution >= 0.6 is 0 Å². The third-order valence-electron chi connectivity index (χ3n) is 3.94. The normalized spacial score (nSPS) is 14.1. The molecule has 1 aliphatic rings. The summed E-state index contributed by atoms with van der Waals surface area (Å²) in [6, 6.07) is 9.11. The van der Waals surface area contributed by atoms with E-state index in [1.54, 1.807) is 19.2 Å². The molecule has 0 spiro atoms. The maximum atomic E-state index is 12.3. The first-order chi connectivity index (χ1) is 12.6. The molecule has 3 N–H and O–H groups in total. The van der Waals surface area contributed by atoms with Crippen molar-refractivity contribution in [1.82, 2.24) is 4.98 Å². The van der Waals surface area contributed by atoms with Crippen molar-refractivity contribution in [2.24, 2.45) is 0 Å². The molecule has 3 rings (SSSR count). The Morgan fingerprint density at radius 1 is 1.38 bits per heavy atom. The van der Waals surface area contributed by atoms with Gasteiger partial charge in [0.15, 0.2) is 0 Å². The van der Waals surface area contributed by atoms with Crippen molar-refractivity contribution in [1.29, 1.82) is 0 Å². The number of pyridine rings is 1. The van der Waals surface area contributed by atoms with Gasteiger partial charge in [0.25, 0.3) is 5.91 Å².